The van der Waals surface area contributed by atoms with E-state index in [4.69, 9.17) is 16.3 Å². The lowest BCUT2D eigenvalue weighted by atomic mass is 10.3. The lowest BCUT2D eigenvalue weighted by Gasteiger charge is -2.06. The summed E-state index contributed by atoms with van der Waals surface area (Å²) in [5.41, 5.74) is 0.205. The number of benzene rings is 1. The van der Waals surface area contributed by atoms with Crippen molar-refractivity contribution in [1.82, 2.24) is 19.9 Å². The molecular formula is C11H5ClFN5O3. The van der Waals surface area contributed by atoms with E-state index < -0.39 is 10.7 Å². The SMILES string of the molecule is O=[N+]([O-])c1ccc(Oc2nc(Cl)nc3nc[nH]c23)c(F)c1. The molecule has 1 N–H and O–H groups in total. The molecule has 8 nitrogen and oxygen atoms in total. The first-order chi connectivity index (χ1) is 10.0. The lowest BCUT2D eigenvalue weighted by molar-refractivity contribution is -0.385. The Bertz CT molecular complexity index is 853. The number of nitro groups is 1. The van der Waals surface area contributed by atoms with Crippen LogP contribution in [-0.2, 0) is 0 Å². The van der Waals surface area contributed by atoms with Gasteiger partial charge in [0, 0.05) is 6.07 Å². The van der Waals surface area contributed by atoms with Crippen LogP contribution in [0.2, 0.25) is 5.28 Å². The average molecular weight is 310 g/mol. The molecule has 2 aromatic heterocycles. The number of nitrogens with one attached hydrogen (secondary N) is 1. The Morgan fingerprint density at radius 3 is 2.90 bits per heavy atom. The van der Waals surface area contributed by atoms with Gasteiger partial charge >= 0.3 is 0 Å². The fraction of sp³-hybridized carbons (Fsp3) is 0. The van der Waals surface area contributed by atoms with Gasteiger partial charge in [0.25, 0.3) is 5.69 Å². The third kappa shape index (κ3) is 2.46. The number of nitro benzene ring substituents is 1. The summed E-state index contributed by atoms with van der Waals surface area (Å²) in [7, 11) is 0. The maximum Gasteiger partial charge on any atom is 0.272 e. The fourth-order valence-corrected chi connectivity index (χ4v) is 1.80. The predicted octanol–water partition coefficient (Wildman–Crippen LogP) is 2.85. The van der Waals surface area contributed by atoms with Crippen molar-refractivity contribution in [3.05, 3.63) is 45.7 Å². The van der Waals surface area contributed by atoms with E-state index in [1.54, 1.807) is 0 Å². The fourth-order valence-electron chi connectivity index (χ4n) is 1.65. The molecule has 3 rings (SSSR count). The Kier molecular flexibility index (Phi) is 3.10. The van der Waals surface area contributed by atoms with Crippen molar-refractivity contribution in [3.8, 4) is 11.6 Å². The molecule has 1 aromatic carbocycles. The number of imidazole rings is 1. The molecule has 10 heteroatoms. The van der Waals surface area contributed by atoms with Crippen LogP contribution < -0.4 is 4.74 Å². The molecule has 0 bridgehead atoms. The van der Waals surface area contributed by atoms with E-state index >= 15 is 0 Å². The van der Waals surface area contributed by atoms with Crippen molar-refractivity contribution in [3.63, 3.8) is 0 Å². The minimum Gasteiger partial charge on any atom is -0.434 e. The second-order valence-corrected chi connectivity index (χ2v) is 4.21. The van der Waals surface area contributed by atoms with Crippen molar-refractivity contribution >= 4 is 28.5 Å². The number of aromatic nitrogens is 4. The molecule has 106 valence electrons. The van der Waals surface area contributed by atoms with Crippen LogP contribution >= 0.6 is 11.6 Å². The molecule has 0 spiro atoms. The normalized spacial score (nSPS) is 10.8. The largest absolute Gasteiger partial charge is 0.434 e. The first kappa shape index (κ1) is 13.2. The molecule has 3 aromatic rings. The molecule has 0 saturated heterocycles. The molecule has 0 aliphatic rings. The third-order valence-electron chi connectivity index (χ3n) is 2.56. The number of nitrogens with zero attached hydrogens (tertiary/aromatic N) is 4. The van der Waals surface area contributed by atoms with Crippen molar-refractivity contribution in [2.75, 3.05) is 0 Å². The summed E-state index contributed by atoms with van der Waals surface area (Å²) >= 11 is 5.71. The number of hydrogen-bond acceptors (Lipinski definition) is 6. The number of non-ortho nitro benzene ring substituents is 1. The Hall–Kier alpha value is -2.81. The molecule has 2 heterocycles. The summed E-state index contributed by atoms with van der Waals surface area (Å²) in [5.74, 6) is -1.16. The lowest BCUT2D eigenvalue weighted by Crippen LogP contribution is -1.96. The van der Waals surface area contributed by atoms with Crippen LogP contribution in [0.1, 0.15) is 0 Å². The number of aromatic amines is 1. The van der Waals surface area contributed by atoms with Gasteiger partial charge in [-0.05, 0) is 17.7 Å². The smallest absolute Gasteiger partial charge is 0.272 e. The highest BCUT2D eigenvalue weighted by Gasteiger charge is 2.16. The molecule has 0 atom stereocenters. The first-order valence-electron chi connectivity index (χ1n) is 5.53. The van der Waals surface area contributed by atoms with Gasteiger partial charge in [0.2, 0.25) is 11.2 Å². The van der Waals surface area contributed by atoms with Gasteiger partial charge in [0.1, 0.15) is 5.52 Å². The Balaban J connectivity index is 2.02. The topological polar surface area (TPSA) is 107 Å². The molecule has 0 aliphatic carbocycles. The third-order valence-corrected chi connectivity index (χ3v) is 2.73. The summed E-state index contributed by atoms with van der Waals surface area (Å²) in [6.07, 6.45) is 1.36. The van der Waals surface area contributed by atoms with Gasteiger partial charge in [-0.15, -0.1) is 0 Å². The highest BCUT2D eigenvalue weighted by molar-refractivity contribution is 6.28. The number of fused-ring (bicyclic) bond motifs is 1. The van der Waals surface area contributed by atoms with E-state index in [0.717, 1.165) is 18.2 Å². The Labute approximate surface area is 120 Å². The summed E-state index contributed by atoms with van der Waals surface area (Å²) in [4.78, 5) is 24.1. The van der Waals surface area contributed by atoms with Gasteiger partial charge in [-0.25, -0.2) is 9.37 Å². The molecule has 0 saturated carbocycles. The number of hydrogen-bond donors (Lipinski definition) is 1. The van der Waals surface area contributed by atoms with E-state index in [1.165, 1.54) is 6.33 Å². The van der Waals surface area contributed by atoms with E-state index in [-0.39, 0.29) is 28.2 Å². The van der Waals surface area contributed by atoms with Crippen molar-refractivity contribution in [2.24, 2.45) is 0 Å². The van der Waals surface area contributed by atoms with E-state index in [9.17, 15) is 14.5 Å². The predicted molar refractivity (Wildman–Crippen MR) is 69.8 cm³/mol. The maximum absolute atomic E-state index is 13.8. The molecule has 0 unspecified atom stereocenters. The molecule has 21 heavy (non-hydrogen) atoms. The Morgan fingerprint density at radius 1 is 1.38 bits per heavy atom. The van der Waals surface area contributed by atoms with Crippen LogP contribution in [0.5, 0.6) is 11.6 Å². The summed E-state index contributed by atoms with van der Waals surface area (Å²) < 4.78 is 19.1. The maximum atomic E-state index is 13.8. The summed E-state index contributed by atoms with van der Waals surface area (Å²) in [6, 6.07) is 3.00. The van der Waals surface area contributed by atoms with Crippen LogP contribution in [0, 0.1) is 15.9 Å². The van der Waals surface area contributed by atoms with Crippen LogP contribution in [0.25, 0.3) is 11.2 Å². The standard InChI is InChI=1S/C11H5ClFN5O3/c12-11-16-9-8(14-4-15-9)10(17-11)21-7-2-1-5(18(19)20)3-6(7)13/h1-4H,(H,14,15,16,17). The van der Waals surface area contributed by atoms with Crippen molar-refractivity contribution < 1.29 is 14.1 Å². The van der Waals surface area contributed by atoms with Gasteiger partial charge < -0.3 is 9.72 Å². The molecule has 0 fully saturated rings. The van der Waals surface area contributed by atoms with Crippen molar-refractivity contribution in [1.29, 1.82) is 0 Å². The number of halogens is 2. The molecular weight excluding hydrogens is 305 g/mol. The number of rotatable bonds is 3. The minimum atomic E-state index is -0.897. The zero-order chi connectivity index (χ0) is 15.0. The molecule has 0 amide bonds. The highest BCUT2D eigenvalue weighted by atomic mass is 35.5. The van der Waals surface area contributed by atoms with Crippen LogP contribution in [-0.4, -0.2) is 24.9 Å². The zero-order valence-corrected chi connectivity index (χ0v) is 10.8. The van der Waals surface area contributed by atoms with Gasteiger partial charge in [0.15, 0.2) is 17.2 Å². The number of ether oxygens (including phenoxy) is 1. The van der Waals surface area contributed by atoms with Crippen molar-refractivity contribution in [2.45, 2.75) is 0 Å². The van der Waals surface area contributed by atoms with Gasteiger partial charge in [-0.3, -0.25) is 10.1 Å². The van der Waals surface area contributed by atoms with E-state index in [2.05, 4.69) is 19.9 Å². The second kappa shape index (κ2) is 4.94. The van der Waals surface area contributed by atoms with Gasteiger partial charge in [-0.2, -0.15) is 9.97 Å². The van der Waals surface area contributed by atoms with Crippen LogP contribution in [0.15, 0.2) is 24.5 Å². The van der Waals surface area contributed by atoms with Gasteiger partial charge in [-0.1, -0.05) is 0 Å². The monoisotopic (exact) mass is 309 g/mol. The van der Waals surface area contributed by atoms with Crippen LogP contribution in [0.4, 0.5) is 10.1 Å². The number of H-pyrrole nitrogens is 1. The highest BCUT2D eigenvalue weighted by Crippen LogP contribution is 2.30. The zero-order valence-electron chi connectivity index (χ0n) is 10.1. The average Bonchev–Trinajstić information content (AvgIpc) is 2.88. The minimum absolute atomic E-state index is 0.0322. The molecule has 0 aliphatic heterocycles. The first-order valence-corrected chi connectivity index (χ1v) is 5.91. The van der Waals surface area contributed by atoms with E-state index in [0.29, 0.717) is 5.52 Å². The second-order valence-electron chi connectivity index (χ2n) is 3.87. The summed E-state index contributed by atoms with van der Waals surface area (Å²) in [5, 5.41) is 10.4. The van der Waals surface area contributed by atoms with Crippen LogP contribution in [0.3, 0.4) is 0 Å². The Morgan fingerprint density at radius 2 is 2.19 bits per heavy atom. The molecule has 0 radical (unpaired) electrons. The summed E-state index contributed by atoms with van der Waals surface area (Å²) in [6.45, 7) is 0. The quantitative estimate of drug-likeness (QED) is 0.453. The van der Waals surface area contributed by atoms with E-state index in [1.807, 2.05) is 0 Å². The van der Waals surface area contributed by atoms with Gasteiger partial charge in [0.05, 0.1) is 17.3 Å².